The summed E-state index contributed by atoms with van der Waals surface area (Å²) in [6, 6.07) is -0.368. The maximum absolute atomic E-state index is 11.7. The molecule has 0 bridgehead atoms. The maximum atomic E-state index is 11.7. The van der Waals surface area contributed by atoms with E-state index in [0.29, 0.717) is 25.3 Å². The lowest BCUT2D eigenvalue weighted by atomic mass is 10.0. The number of amides is 2. The van der Waals surface area contributed by atoms with Gasteiger partial charge in [0, 0.05) is 25.6 Å². The van der Waals surface area contributed by atoms with E-state index in [9.17, 15) is 13.2 Å². The highest BCUT2D eigenvalue weighted by Gasteiger charge is 2.30. The highest BCUT2D eigenvalue weighted by Crippen LogP contribution is 2.17. The lowest BCUT2D eigenvalue weighted by molar-refractivity contribution is 0.233. The number of rotatable bonds is 3. The molecule has 6 nitrogen and oxygen atoms in total. The van der Waals surface area contributed by atoms with Gasteiger partial charge in [-0.2, -0.15) is 0 Å². The van der Waals surface area contributed by atoms with Gasteiger partial charge in [-0.25, -0.2) is 13.2 Å². The van der Waals surface area contributed by atoms with Gasteiger partial charge in [0.2, 0.25) is 0 Å². The largest absolute Gasteiger partial charge is 0.338 e. The molecule has 2 saturated heterocycles. The summed E-state index contributed by atoms with van der Waals surface area (Å²) in [7, 11) is -3.13. The third kappa shape index (κ3) is 3.32. The van der Waals surface area contributed by atoms with Crippen LogP contribution in [-0.4, -0.2) is 45.2 Å². The zero-order valence-corrected chi connectivity index (χ0v) is 10.6. The topological polar surface area (TPSA) is 87.3 Å². The van der Waals surface area contributed by atoms with Crippen LogP contribution in [-0.2, 0) is 9.84 Å². The molecule has 17 heavy (non-hydrogen) atoms. The minimum Gasteiger partial charge on any atom is -0.338 e. The van der Waals surface area contributed by atoms with Crippen molar-refractivity contribution in [2.45, 2.75) is 24.6 Å². The van der Waals surface area contributed by atoms with E-state index in [1.165, 1.54) is 0 Å². The fourth-order valence-corrected chi connectivity index (χ4v) is 3.75. The van der Waals surface area contributed by atoms with Crippen molar-refractivity contribution in [3.63, 3.8) is 0 Å². The highest BCUT2D eigenvalue weighted by atomic mass is 32.2. The van der Waals surface area contributed by atoms with Crippen molar-refractivity contribution in [2.75, 3.05) is 25.4 Å². The quantitative estimate of drug-likeness (QED) is 0.635. The Labute approximate surface area is 101 Å². The fraction of sp³-hybridized carbons (Fsp3) is 0.900. The van der Waals surface area contributed by atoms with E-state index in [-0.39, 0.29) is 11.8 Å². The van der Waals surface area contributed by atoms with Crippen molar-refractivity contribution in [3.05, 3.63) is 0 Å². The molecule has 7 heteroatoms. The third-order valence-electron chi connectivity index (χ3n) is 3.29. The maximum Gasteiger partial charge on any atom is 0.315 e. The average molecular weight is 261 g/mol. The Balaban J connectivity index is 1.76. The Bertz CT molecular complexity index is 378. The molecule has 0 aromatic heterocycles. The van der Waals surface area contributed by atoms with E-state index in [1.54, 1.807) is 0 Å². The Hall–Kier alpha value is -0.820. The normalized spacial score (nSPS) is 28.1. The summed E-state index contributed by atoms with van der Waals surface area (Å²) in [6.07, 6.45) is 2.09. The number of hydrogen-bond donors (Lipinski definition) is 3. The van der Waals surface area contributed by atoms with Crippen molar-refractivity contribution < 1.29 is 13.2 Å². The molecule has 1 unspecified atom stereocenters. The van der Waals surface area contributed by atoms with Crippen LogP contribution in [0.2, 0.25) is 0 Å². The highest BCUT2D eigenvalue weighted by molar-refractivity contribution is 7.92. The molecule has 0 saturated carbocycles. The molecule has 2 aliphatic rings. The SMILES string of the molecule is O=C(NCC1CNC1)NC1CCCCS1(=O)=O. The molecule has 2 rings (SSSR count). The smallest absolute Gasteiger partial charge is 0.315 e. The number of urea groups is 1. The van der Waals surface area contributed by atoms with Crippen LogP contribution in [0, 0.1) is 5.92 Å². The van der Waals surface area contributed by atoms with Crippen molar-refractivity contribution in [2.24, 2.45) is 5.92 Å². The molecular formula is C10H19N3O3S. The van der Waals surface area contributed by atoms with Crippen LogP contribution in [0.3, 0.4) is 0 Å². The summed E-state index contributed by atoms with van der Waals surface area (Å²) in [5, 5.41) is 7.68. The van der Waals surface area contributed by atoms with E-state index >= 15 is 0 Å². The Kier molecular flexibility index (Phi) is 3.88. The number of nitrogens with one attached hydrogen (secondary N) is 3. The predicted molar refractivity (Wildman–Crippen MR) is 64.3 cm³/mol. The lowest BCUT2D eigenvalue weighted by Gasteiger charge is -2.28. The summed E-state index contributed by atoms with van der Waals surface area (Å²) in [4.78, 5) is 11.5. The minimum atomic E-state index is -3.13. The van der Waals surface area contributed by atoms with Gasteiger partial charge in [0.15, 0.2) is 9.84 Å². The molecule has 0 aromatic rings. The lowest BCUT2D eigenvalue weighted by Crippen LogP contribution is -2.52. The second-order valence-corrected chi connectivity index (χ2v) is 7.03. The number of carbonyl (C=O) groups is 1. The van der Waals surface area contributed by atoms with Gasteiger partial charge in [0.25, 0.3) is 0 Å². The summed E-state index contributed by atoms with van der Waals surface area (Å²) in [6.45, 7) is 2.44. The molecular weight excluding hydrogens is 242 g/mol. The summed E-state index contributed by atoms with van der Waals surface area (Å²) in [5.41, 5.74) is 0. The second kappa shape index (κ2) is 5.22. The molecule has 2 heterocycles. The summed E-state index contributed by atoms with van der Waals surface area (Å²) >= 11 is 0. The Morgan fingerprint density at radius 2 is 2.06 bits per heavy atom. The first-order valence-electron chi connectivity index (χ1n) is 6.04. The molecule has 1 atom stereocenters. The molecule has 2 amide bonds. The molecule has 2 aliphatic heterocycles. The first-order chi connectivity index (χ1) is 8.08. The van der Waals surface area contributed by atoms with Crippen LogP contribution in [0.15, 0.2) is 0 Å². The van der Waals surface area contributed by atoms with E-state index in [2.05, 4.69) is 16.0 Å². The molecule has 0 aromatic carbocycles. The van der Waals surface area contributed by atoms with E-state index in [1.807, 2.05) is 0 Å². The molecule has 2 fully saturated rings. The van der Waals surface area contributed by atoms with Crippen molar-refractivity contribution in [1.82, 2.24) is 16.0 Å². The Morgan fingerprint density at radius 1 is 1.29 bits per heavy atom. The van der Waals surface area contributed by atoms with Crippen molar-refractivity contribution in [1.29, 1.82) is 0 Å². The predicted octanol–water partition coefficient (Wildman–Crippen LogP) is -0.570. The van der Waals surface area contributed by atoms with Crippen LogP contribution in [0.25, 0.3) is 0 Å². The van der Waals surface area contributed by atoms with Crippen LogP contribution in [0.4, 0.5) is 4.79 Å². The summed E-state index contributed by atoms with van der Waals surface area (Å²) in [5.74, 6) is 0.661. The number of sulfone groups is 1. The van der Waals surface area contributed by atoms with Gasteiger partial charge in [0.1, 0.15) is 5.37 Å². The van der Waals surface area contributed by atoms with Gasteiger partial charge in [-0.15, -0.1) is 0 Å². The van der Waals surface area contributed by atoms with E-state index in [4.69, 9.17) is 0 Å². The van der Waals surface area contributed by atoms with Crippen molar-refractivity contribution in [3.8, 4) is 0 Å². The second-order valence-electron chi connectivity index (χ2n) is 4.73. The first kappa shape index (κ1) is 12.6. The first-order valence-corrected chi connectivity index (χ1v) is 7.76. The van der Waals surface area contributed by atoms with Gasteiger partial charge < -0.3 is 16.0 Å². The van der Waals surface area contributed by atoms with Crippen LogP contribution in [0.1, 0.15) is 19.3 Å². The minimum absolute atomic E-state index is 0.185. The monoisotopic (exact) mass is 261 g/mol. The standard InChI is InChI=1S/C10H19N3O3S/c14-10(12-7-8-5-11-6-8)13-9-3-1-2-4-17(9,15)16/h8-9,11H,1-7H2,(H2,12,13,14). The van der Waals surface area contributed by atoms with Gasteiger partial charge in [0.05, 0.1) is 5.75 Å². The molecule has 0 radical (unpaired) electrons. The fourth-order valence-electron chi connectivity index (χ4n) is 2.04. The van der Waals surface area contributed by atoms with E-state index < -0.39 is 15.2 Å². The molecule has 0 spiro atoms. The van der Waals surface area contributed by atoms with Gasteiger partial charge in [-0.3, -0.25) is 0 Å². The molecule has 98 valence electrons. The zero-order chi connectivity index (χ0) is 12.3. The van der Waals surface area contributed by atoms with Gasteiger partial charge in [-0.05, 0) is 19.3 Å². The van der Waals surface area contributed by atoms with E-state index in [0.717, 1.165) is 19.5 Å². The van der Waals surface area contributed by atoms with Crippen LogP contribution < -0.4 is 16.0 Å². The number of hydrogen-bond acceptors (Lipinski definition) is 4. The molecule has 3 N–H and O–H groups in total. The zero-order valence-electron chi connectivity index (χ0n) is 9.74. The third-order valence-corrected chi connectivity index (χ3v) is 5.37. The molecule has 0 aliphatic carbocycles. The summed E-state index contributed by atoms with van der Waals surface area (Å²) < 4.78 is 23.3. The van der Waals surface area contributed by atoms with Gasteiger partial charge in [-0.1, -0.05) is 0 Å². The van der Waals surface area contributed by atoms with Gasteiger partial charge >= 0.3 is 6.03 Å². The van der Waals surface area contributed by atoms with Crippen LogP contribution >= 0.6 is 0 Å². The van der Waals surface area contributed by atoms with Crippen molar-refractivity contribution >= 4 is 15.9 Å². The Morgan fingerprint density at radius 3 is 2.65 bits per heavy atom. The number of carbonyl (C=O) groups excluding carboxylic acids is 1. The average Bonchev–Trinajstić information content (AvgIpc) is 2.19. The van der Waals surface area contributed by atoms with Crippen LogP contribution in [0.5, 0.6) is 0 Å².